The Kier molecular flexibility index (Phi) is 5.01. The SMILES string of the molecule is CN(C)C(=O)c1cc2cc(C3=CCCN(C(=O)Cc4cnc5ccccn45)C3)ccc2o1. The van der Waals surface area contributed by atoms with Crippen molar-refractivity contribution in [2.75, 3.05) is 27.2 Å². The number of imidazole rings is 1. The van der Waals surface area contributed by atoms with Crippen LogP contribution in [-0.2, 0) is 11.2 Å². The minimum absolute atomic E-state index is 0.0875. The van der Waals surface area contributed by atoms with Crippen molar-refractivity contribution in [1.29, 1.82) is 0 Å². The van der Waals surface area contributed by atoms with Crippen LogP contribution in [0, 0.1) is 0 Å². The molecule has 162 valence electrons. The molecule has 0 unspecified atom stereocenters. The van der Waals surface area contributed by atoms with E-state index in [4.69, 9.17) is 4.42 Å². The molecule has 0 radical (unpaired) electrons. The number of furan rings is 1. The van der Waals surface area contributed by atoms with Crippen LogP contribution < -0.4 is 0 Å². The highest BCUT2D eigenvalue weighted by atomic mass is 16.3. The summed E-state index contributed by atoms with van der Waals surface area (Å²) in [6.45, 7) is 1.26. The summed E-state index contributed by atoms with van der Waals surface area (Å²) in [6, 6.07) is 13.5. The average molecular weight is 428 g/mol. The fraction of sp³-hybridized carbons (Fsp3) is 0.240. The van der Waals surface area contributed by atoms with Gasteiger partial charge in [0.2, 0.25) is 5.91 Å². The van der Waals surface area contributed by atoms with Gasteiger partial charge in [0.15, 0.2) is 5.76 Å². The summed E-state index contributed by atoms with van der Waals surface area (Å²) in [4.78, 5) is 33.0. The average Bonchev–Trinajstić information content (AvgIpc) is 3.42. The first kappa shape index (κ1) is 20.1. The van der Waals surface area contributed by atoms with E-state index in [2.05, 4.69) is 11.1 Å². The topological polar surface area (TPSA) is 71.1 Å². The number of rotatable bonds is 4. The molecule has 7 nitrogen and oxygen atoms in total. The smallest absolute Gasteiger partial charge is 0.289 e. The van der Waals surface area contributed by atoms with Crippen LogP contribution in [-0.4, -0.2) is 58.2 Å². The van der Waals surface area contributed by atoms with Gasteiger partial charge in [0.05, 0.1) is 12.1 Å². The second kappa shape index (κ2) is 8.00. The molecule has 0 spiro atoms. The third kappa shape index (κ3) is 3.66. The molecule has 0 saturated heterocycles. The highest BCUT2D eigenvalue weighted by molar-refractivity contribution is 5.96. The zero-order chi connectivity index (χ0) is 22.2. The van der Waals surface area contributed by atoms with Crippen LogP contribution >= 0.6 is 0 Å². The van der Waals surface area contributed by atoms with Gasteiger partial charge in [-0.05, 0) is 47.9 Å². The van der Waals surface area contributed by atoms with Gasteiger partial charge in [0, 0.05) is 45.0 Å². The fourth-order valence-corrected chi connectivity index (χ4v) is 4.12. The number of hydrogen-bond donors (Lipinski definition) is 0. The molecule has 0 bridgehead atoms. The normalized spacial score (nSPS) is 14.1. The van der Waals surface area contributed by atoms with E-state index in [1.807, 2.05) is 51.9 Å². The molecule has 0 saturated carbocycles. The molecule has 32 heavy (non-hydrogen) atoms. The lowest BCUT2D eigenvalue weighted by Crippen LogP contribution is -2.36. The lowest BCUT2D eigenvalue weighted by atomic mass is 9.99. The number of aromatic nitrogens is 2. The molecule has 3 aromatic heterocycles. The van der Waals surface area contributed by atoms with Crippen molar-refractivity contribution in [3.63, 3.8) is 0 Å². The van der Waals surface area contributed by atoms with Crippen LogP contribution in [0.25, 0.3) is 22.2 Å². The van der Waals surface area contributed by atoms with Gasteiger partial charge in [0.1, 0.15) is 11.2 Å². The Balaban J connectivity index is 1.34. The van der Waals surface area contributed by atoms with E-state index in [-0.39, 0.29) is 11.8 Å². The molecule has 1 aliphatic heterocycles. The molecular formula is C25H24N4O3. The van der Waals surface area contributed by atoms with Crippen LogP contribution in [0.3, 0.4) is 0 Å². The van der Waals surface area contributed by atoms with E-state index < -0.39 is 0 Å². The predicted octanol–water partition coefficient (Wildman–Crippen LogP) is 3.64. The number of carbonyl (C=O) groups is 2. The molecule has 2 amide bonds. The number of carbonyl (C=O) groups excluding carboxylic acids is 2. The number of pyridine rings is 1. The molecule has 1 aliphatic rings. The molecule has 0 N–H and O–H groups in total. The van der Waals surface area contributed by atoms with E-state index in [0.717, 1.165) is 34.3 Å². The van der Waals surface area contributed by atoms with E-state index in [1.165, 1.54) is 4.90 Å². The Morgan fingerprint density at radius 1 is 1.16 bits per heavy atom. The summed E-state index contributed by atoms with van der Waals surface area (Å²) in [5.41, 5.74) is 4.55. The summed E-state index contributed by atoms with van der Waals surface area (Å²) >= 11 is 0. The summed E-state index contributed by atoms with van der Waals surface area (Å²) in [5, 5.41) is 0.878. The van der Waals surface area contributed by atoms with Gasteiger partial charge >= 0.3 is 0 Å². The Hall–Kier alpha value is -3.87. The van der Waals surface area contributed by atoms with Crippen LogP contribution in [0.1, 0.15) is 28.2 Å². The Morgan fingerprint density at radius 3 is 2.88 bits per heavy atom. The second-order valence-electron chi connectivity index (χ2n) is 8.25. The van der Waals surface area contributed by atoms with Gasteiger partial charge < -0.3 is 18.6 Å². The Morgan fingerprint density at radius 2 is 2.03 bits per heavy atom. The van der Waals surface area contributed by atoms with Crippen LogP contribution in [0.4, 0.5) is 0 Å². The molecule has 7 heteroatoms. The fourth-order valence-electron chi connectivity index (χ4n) is 4.12. The standard InChI is InChI=1S/C25H24N4O3/c1-27(2)25(31)22-13-19-12-17(8-9-21(19)32-22)18-6-5-10-28(16-18)24(30)14-20-15-26-23-7-3-4-11-29(20)23/h3-4,6-9,11-13,15H,5,10,14,16H2,1-2H3. The van der Waals surface area contributed by atoms with Gasteiger partial charge in [-0.15, -0.1) is 0 Å². The van der Waals surface area contributed by atoms with E-state index >= 15 is 0 Å². The lowest BCUT2D eigenvalue weighted by Gasteiger charge is -2.27. The molecule has 4 heterocycles. The van der Waals surface area contributed by atoms with Crippen molar-refractivity contribution in [2.24, 2.45) is 0 Å². The first-order valence-electron chi connectivity index (χ1n) is 10.6. The van der Waals surface area contributed by atoms with Crippen molar-refractivity contribution in [3.05, 3.63) is 78.0 Å². The maximum Gasteiger partial charge on any atom is 0.289 e. The molecule has 5 rings (SSSR count). The number of benzene rings is 1. The lowest BCUT2D eigenvalue weighted by molar-refractivity contribution is -0.130. The zero-order valence-corrected chi connectivity index (χ0v) is 18.1. The third-order valence-corrected chi connectivity index (χ3v) is 5.83. The van der Waals surface area contributed by atoms with E-state index in [1.54, 1.807) is 26.4 Å². The van der Waals surface area contributed by atoms with Gasteiger partial charge in [-0.1, -0.05) is 18.2 Å². The van der Waals surface area contributed by atoms with Crippen molar-refractivity contribution in [2.45, 2.75) is 12.8 Å². The first-order chi connectivity index (χ1) is 15.5. The predicted molar refractivity (Wildman–Crippen MR) is 122 cm³/mol. The van der Waals surface area contributed by atoms with Gasteiger partial charge in [0.25, 0.3) is 5.91 Å². The Bertz CT molecular complexity index is 1360. The second-order valence-corrected chi connectivity index (χ2v) is 8.25. The maximum atomic E-state index is 13.0. The van der Waals surface area contributed by atoms with Crippen molar-refractivity contribution in [3.8, 4) is 0 Å². The first-order valence-corrected chi connectivity index (χ1v) is 10.6. The highest BCUT2D eigenvalue weighted by Crippen LogP contribution is 2.27. The van der Waals surface area contributed by atoms with E-state index in [9.17, 15) is 9.59 Å². The molecule has 0 aliphatic carbocycles. The molecule has 4 aromatic rings. The molecule has 0 fully saturated rings. The summed E-state index contributed by atoms with van der Waals surface area (Å²) in [6.07, 6.45) is 7.01. The van der Waals surface area contributed by atoms with E-state index in [0.29, 0.717) is 30.9 Å². The van der Waals surface area contributed by atoms with Gasteiger partial charge in [-0.3, -0.25) is 9.59 Å². The van der Waals surface area contributed by atoms with Crippen LogP contribution in [0.5, 0.6) is 0 Å². The van der Waals surface area contributed by atoms with Crippen molar-refractivity contribution < 1.29 is 14.0 Å². The quantitative estimate of drug-likeness (QED) is 0.498. The number of hydrogen-bond acceptors (Lipinski definition) is 4. The maximum absolute atomic E-state index is 13.0. The monoisotopic (exact) mass is 428 g/mol. The molecule has 0 atom stereocenters. The van der Waals surface area contributed by atoms with Gasteiger partial charge in [-0.2, -0.15) is 0 Å². The number of amides is 2. The summed E-state index contributed by atoms with van der Waals surface area (Å²) in [5.74, 6) is 0.248. The van der Waals surface area contributed by atoms with Crippen molar-refractivity contribution in [1.82, 2.24) is 19.2 Å². The minimum Gasteiger partial charge on any atom is -0.451 e. The Labute approximate surface area is 185 Å². The van der Waals surface area contributed by atoms with Crippen LogP contribution in [0.2, 0.25) is 0 Å². The zero-order valence-electron chi connectivity index (χ0n) is 18.1. The molecule has 1 aromatic carbocycles. The summed E-state index contributed by atoms with van der Waals surface area (Å²) in [7, 11) is 3.40. The third-order valence-electron chi connectivity index (χ3n) is 5.83. The minimum atomic E-state index is -0.163. The highest BCUT2D eigenvalue weighted by Gasteiger charge is 2.21. The van der Waals surface area contributed by atoms with Crippen molar-refractivity contribution >= 4 is 34.0 Å². The number of fused-ring (bicyclic) bond motifs is 2. The van der Waals surface area contributed by atoms with Crippen LogP contribution in [0.15, 0.2) is 65.4 Å². The summed E-state index contributed by atoms with van der Waals surface area (Å²) < 4.78 is 7.66. The number of nitrogens with zero attached hydrogens (tertiary/aromatic N) is 4. The van der Waals surface area contributed by atoms with Gasteiger partial charge in [-0.25, -0.2) is 4.98 Å². The molecular weight excluding hydrogens is 404 g/mol. The largest absolute Gasteiger partial charge is 0.451 e.